The molecule has 6 heteroatoms. The molecule has 6 nitrogen and oxygen atoms in total. The number of anilines is 2. The number of hydrogen-bond donors (Lipinski definition) is 2. The van der Waals surface area contributed by atoms with Gasteiger partial charge < -0.3 is 15.5 Å². The highest BCUT2D eigenvalue weighted by molar-refractivity contribution is 5.97. The van der Waals surface area contributed by atoms with Crippen LogP contribution < -0.4 is 15.5 Å². The van der Waals surface area contributed by atoms with Crippen molar-refractivity contribution in [3.05, 3.63) is 66.4 Å². The largest absolute Gasteiger partial charge is 0.363 e. The van der Waals surface area contributed by atoms with Gasteiger partial charge in [0.25, 0.3) is 0 Å². The average Bonchev–Trinajstić information content (AvgIpc) is 2.68. The minimum atomic E-state index is -0.656. The van der Waals surface area contributed by atoms with Crippen LogP contribution in [0.3, 0.4) is 0 Å². The lowest BCUT2D eigenvalue weighted by molar-refractivity contribution is -0.125. The van der Waals surface area contributed by atoms with E-state index in [0.29, 0.717) is 5.69 Å². The molecule has 28 heavy (non-hydrogen) atoms. The number of aromatic nitrogens is 1. The summed E-state index contributed by atoms with van der Waals surface area (Å²) < 4.78 is 0. The topological polar surface area (TPSA) is 74.3 Å². The summed E-state index contributed by atoms with van der Waals surface area (Å²) in [5.41, 5.74) is 1.53. The molecule has 3 rings (SSSR count). The second-order valence-corrected chi connectivity index (χ2v) is 6.89. The standard InChI is InChI=1S/C22H24N4O2/c1-15(22(28)25-18-11-12-20(23-14-18)26(2)3)24-21(27)13-17-9-6-8-16-7-4-5-10-19(16)17/h4-12,14-15H,13H2,1-3H3,(H,24,27)(H,25,28)/t15-/m0/s1. The number of nitrogens with one attached hydrogen (secondary N) is 2. The van der Waals surface area contributed by atoms with E-state index in [4.69, 9.17) is 0 Å². The molecule has 1 atom stereocenters. The summed E-state index contributed by atoms with van der Waals surface area (Å²) >= 11 is 0. The quantitative estimate of drug-likeness (QED) is 0.694. The van der Waals surface area contributed by atoms with Crippen molar-refractivity contribution in [1.29, 1.82) is 0 Å². The predicted molar refractivity (Wildman–Crippen MR) is 112 cm³/mol. The van der Waals surface area contributed by atoms with E-state index in [9.17, 15) is 9.59 Å². The smallest absolute Gasteiger partial charge is 0.246 e. The number of nitrogens with zero attached hydrogens (tertiary/aromatic N) is 2. The zero-order chi connectivity index (χ0) is 20.1. The lowest BCUT2D eigenvalue weighted by Gasteiger charge is -2.15. The van der Waals surface area contributed by atoms with Gasteiger partial charge in [-0.15, -0.1) is 0 Å². The van der Waals surface area contributed by atoms with E-state index in [2.05, 4.69) is 15.6 Å². The van der Waals surface area contributed by atoms with Gasteiger partial charge in [-0.25, -0.2) is 4.98 Å². The highest BCUT2D eigenvalue weighted by atomic mass is 16.2. The van der Waals surface area contributed by atoms with Crippen molar-refractivity contribution in [2.75, 3.05) is 24.3 Å². The van der Waals surface area contributed by atoms with Crippen molar-refractivity contribution in [3.63, 3.8) is 0 Å². The highest BCUT2D eigenvalue weighted by Gasteiger charge is 2.17. The van der Waals surface area contributed by atoms with E-state index in [-0.39, 0.29) is 18.2 Å². The van der Waals surface area contributed by atoms with Crippen molar-refractivity contribution in [2.45, 2.75) is 19.4 Å². The number of fused-ring (bicyclic) bond motifs is 1. The van der Waals surface area contributed by atoms with E-state index in [1.54, 1.807) is 19.2 Å². The Morgan fingerprint density at radius 3 is 2.50 bits per heavy atom. The molecule has 0 spiro atoms. The van der Waals surface area contributed by atoms with E-state index in [1.807, 2.05) is 67.5 Å². The van der Waals surface area contributed by atoms with Crippen LogP contribution in [0, 0.1) is 0 Å². The molecule has 0 aliphatic rings. The first-order valence-corrected chi connectivity index (χ1v) is 9.14. The van der Waals surface area contributed by atoms with Crippen molar-refractivity contribution < 1.29 is 9.59 Å². The average molecular weight is 376 g/mol. The second kappa shape index (κ2) is 8.52. The van der Waals surface area contributed by atoms with Crippen LogP contribution in [0.25, 0.3) is 10.8 Å². The van der Waals surface area contributed by atoms with Gasteiger partial charge in [0.05, 0.1) is 18.3 Å². The van der Waals surface area contributed by atoms with Gasteiger partial charge in [-0.3, -0.25) is 9.59 Å². The SMILES string of the molecule is C[C@H](NC(=O)Cc1cccc2ccccc12)C(=O)Nc1ccc(N(C)C)nc1. The summed E-state index contributed by atoms with van der Waals surface area (Å²) in [6, 6.07) is 16.8. The molecular formula is C22H24N4O2. The molecule has 0 saturated heterocycles. The Bertz CT molecular complexity index is 978. The van der Waals surface area contributed by atoms with Gasteiger partial charge >= 0.3 is 0 Å². The molecule has 1 aromatic heterocycles. The Morgan fingerprint density at radius 1 is 1.04 bits per heavy atom. The van der Waals surface area contributed by atoms with Crippen LogP contribution in [0.1, 0.15) is 12.5 Å². The van der Waals surface area contributed by atoms with Crippen LogP contribution >= 0.6 is 0 Å². The summed E-state index contributed by atoms with van der Waals surface area (Å²) in [4.78, 5) is 30.9. The lowest BCUT2D eigenvalue weighted by Crippen LogP contribution is -2.42. The molecule has 144 valence electrons. The molecule has 3 aromatic rings. The minimum absolute atomic E-state index is 0.194. The van der Waals surface area contributed by atoms with Crippen LogP contribution in [0.5, 0.6) is 0 Å². The van der Waals surface area contributed by atoms with Crippen LogP contribution in [0.2, 0.25) is 0 Å². The molecule has 2 amide bonds. The Morgan fingerprint density at radius 2 is 1.79 bits per heavy atom. The molecule has 0 aliphatic carbocycles. The number of carbonyl (C=O) groups is 2. The fourth-order valence-electron chi connectivity index (χ4n) is 2.95. The normalized spacial score (nSPS) is 11.7. The fraction of sp³-hybridized carbons (Fsp3) is 0.227. The summed E-state index contributed by atoms with van der Waals surface area (Å²) in [5, 5.41) is 7.67. The Labute approximate surface area is 164 Å². The van der Waals surface area contributed by atoms with Crippen molar-refractivity contribution in [3.8, 4) is 0 Å². The van der Waals surface area contributed by atoms with Crippen LogP contribution in [-0.2, 0) is 16.0 Å². The van der Waals surface area contributed by atoms with Gasteiger partial charge in [-0.2, -0.15) is 0 Å². The fourth-order valence-corrected chi connectivity index (χ4v) is 2.95. The minimum Gasteiger partial charge on any atom is -0.363 e. The predicted octanol–water partition coefficient (Wildman–Crippen LogP) is 2.99. The molecule has 2 aromatic carbocycles. The molecule has 0 fully saturated rings. The molecule has 0 bridgehead atoms. The van der Waals surface area contributed by atoms with Crippen molar-refractivity contribution in [1.82, 2.24) is 10.3 Å². The maximum absolute atomic E-state index is 12.4. The maximum Gasteiger partial charge on any atom is 0.246 e. The molecule has 0 unspecified atom stereocenters. The van der Waals surface area contributed by atoms with E-state index in [0.717, 1.165) is 22.2 Å². The number of rotatable bonds is 6. The molecular weight excluding hydrogens is 352 g/mol. The van der Waals surface area contributed by atoms with E-state index >= 15 is 0 Å². The van der Waals surface area contributed by atoms with Gasteiger partial charge in [0.1, 0.15) is 11.9 Å². The van der Waals surface area contributed by atoms with Crippen LogP contribution in [0.4, 0.5) is 11.5 Å². The maximum atomic E-state index is 12.4. The monoisotopic (exact) mass is 376 g/mol. The molecule has 0 saturated carbocycles. The van der Waals surface area contributed by atoms with Gasteiger partial charge in [-0.05, 0) is 35.4 Å². The molecule has 1 heterocycles. The number of hydrogen-bond acceptors (Lipinski definition) is 4. The Kier molecular flexibility index (Phi) is 5.89. The first kappa shape index (κ1) is 19.4. The number of pyridine rings is 1. The van der Waals surface area contributed by atoms with Gasteiger partial charge in [-0.1, -0.05) is 42.5 Å². The summed E-state index contributed by atoms with van der Waals surface area (Å²) in [6.07, 6.45) is 1.82. The zero-order valence-corrected chi connectivity index (χ0v) is 16.3. The van der Waals surface area contributed by atoms with Crippen molar-refractivity contribution in [2.24, 2.45) is 0 Å². The zero-order valence-electron chi connectivity index (χ0n) is 16.3. The number of carbonyl (C=O) groups excluding carboxylic acids is 2. The Hall–Kier alpha value is -3.41. The van der Waals surface area contributed by atoms with Crippen molar-refractivity contribution >= 4 is 34.1 Å². The molecule has 0 aliphatic heterocycles. The number of benzene rings is 2. The summed E-state index contributed by atoms with van der Waals surface area (Å²) in [7, 11) is 3.79. The van der Waals surface area contributed by atoms with E-state index < -0.39 is 6.04 Å². The van der Waals surface area contributed by atoms with Crippen LogP contribution in [-0.4, -0.2) is 36.9 Å². The molecule has 2 N–H and O–H groups in total. The number of amides is 2. The highest BCUT2D eigenvalue weighted by Crippen LogP contribution is 2.19. The lowest BCUT2D eigenvalue weighted by atomic mass is 10.0. The first-order chi connectivity index (χ1) is 13.4. The van der Waals surface area contributed by atoms with Gasteiger partial charge in [0.15, 0.2) is 0 Å². The van der Waals surface area contributed by atoms with Gasteiger partial charge in [0, 0.05) is 14.1 Å². The first-order valence-electron chi connectivity index (χ1n) is 9.14. The third-order valence-electron chi connectivity index (χ3n) is 4.48. The molecule has 0 radical (unpaired) electrons. The second-order valence-electron chi connectivity index (χ2n) is 6.89. The van der Waals surface area contributed by atoms with Gasteiger partial charge in [0.2, 0.25) is 11.8 Å². The Balaban J connectivity index is 1.59. The van der Waals surface area contributed by atoms with Crippen LogP contribution in [0.15, 0.2) is 60.8 Å². The third-order valence-corrected chi connectivity index (χ3v) is 4.48. The third kappa shape index (κ3) is 4.65. The summed E-state index contributed by atoms with van der Waals surface area (Å²) in [5.74, 6) is 0.320. The van der Waals surface area contributed by atoms with E-state index in [1.165, 1.54) is 0 Å². The summed E-state index contributed by atoms with van der Waals surface area (Å²) in [6.45, 7) is 1.66.